The van der Waals surface area contributed by atoms with Gasteiger partial charge in [-0.25, -0.2) is 13.2 Å². The van der Waals surface area contributed by atoms with Crippen LogP contribution in [0.25, 0.3) is 6.08 Å². The van der Waals surface area contributed by atoms with Gasteiger partial charge in [-0.1, -0.05) is 42.5 Å². The van der Waals surface area contributed by atoms with E-state index in [-0.39, 0.29) is 12.4 Å². The molecule has 2 aromatic rings. The van der Waals surface area contributed by atoms with Crippen molar-refractivity contribution in [1.82, 2.24) is 0 Å². The summed E-state index contributed by atoms with van der Waals surface area (Å²) < 4.78 is 30.6. The van der Waals surface area contributed by atoms with E-state index in [1.54, 1.807) is 30.3 Å². The molecule has 3 rings (SSSR count). The zero-order valence-corrected chi connectivity index (χ0v) is 14.5. The van der Waals surface area contributed by atoms with E-state index in [2.05, 4.69) is 0 Å². The summed E-state index contributed by atoms with van der Waals surface area (Å²) in [5.74, 6) is -0.331. The van der Waals surface area contributed by atoms with Gasteiger partial charge in [0.2, 0.25) is 10.0 Å². The van der Waals surface area contributed by atoms with Gasteiger partial charge in [0, 0.05) is 6.54 Å². The normalized spacial score (nSPS) is 16.2. The molecule has 130 valence electrons. The van der Waals surface area contributed by atoms with Crippen LogP contribution < -0.4 is 4.31 Å². The van der Waals surface area contributed by atoms with Crippen molar-refractivity contribution in [3.8, 4) is 0 Å². The molecule has 5 nitrogen and oxygen atoms in total. The van der Waals surface area contributed by atoms with Crippen molar-refractivity contribution < 1.29 is 17.9 Å². The minimum atomic E-state index is -3.26. The Morgan fingerprint density at radius 2 is 1.92 bits per heavy atom. The minimum absolute atomic E-state index is 0.145. The number of benzene rings is 2. The molecule has 0 atom stereocenters. The number of sulfonamides is 1. The molecule has 0 spiro atoms. The molecule has 1 fully saturated rings. The van der Waals surface area contributed by atoms with Crippen LogP contribution in [0.4, 0.5) is 5.69 Å². The van der Waals surface area contributed by atoms with E-state index in [4.69, 9.17) is 4.74 Å². The number of carbonyl (C=O) groups excluding carboxylic acids is 1. The molecule has 0 saturated carbocycles. The van der Waals surface area contributed by atoms with E-state index >= 15 is 0 Å². The maximum atomic E-state index is 12.2. The first-order valence-electron chi connectivity index (χ1n) is 8.05. The summed E-state index contributed by atoms with van der Waals surface area (Å²) in [6.45, 7) is 0.598. The highest BCUT2D eigenvalue weighted by molar-refractivity contribution is 7.93. The number of hydrogen-bond donors (Lipinski definition) is 0. The largest absolute Gasteiger partial charge is 0.458 e. The average Bonchev–Trinajstić information content (AvgIpc) is 2.99. The Morgan fingerprint density at radius 3 is 2.64 bits per heavy atom. The molecule has 1 heterocycles. The quantitative estimate of drug-likeness (QED) is 0.772. The van der Waals surface area contributed by atoms with E-state index in [1.807, 2.05) is 36.4 Å². The zero-order chi connectivity index (χ0) is 17.7. The van der Waals surface area contributed by atoms with Gasteiger partial charge in [0.15, 0.2) is 0 Å². The number of esters is 1. The third-order valence-corrected chi connectivity index (χ3v) is 5.76. The first-order valence-corrected chi connectivity index (χ1v) is 9.66. The van der Waals surface area contributed by atoms with Gasteiger partial charge in [0.1, 0.15) is 6.61 Å². The predicted octanol–water partition coefficient (Wildman–Crippen LogP) is 3.10. The van der Waals surface area contributed by atoms with Crippen LogP contribution in [0.1, 0.15) is 22.3 Å². The number of carbonyl (C=O) groups is 1. The molecule has 1 aliphatic rings. The topological polar surface area (TPSA) is 63.7 Å². The number of anilines is 1. The van der Waals surface area contributed by atoms with Crippen LogP contribution in [0.2, 0.25) is 0 Å². The maximum Gasteiger partial charge on any atom is 0.338 e. The molecular formula is C19H19NO4S. The molecule has 6 heteroatoms. The van der Waals surface area contributed by atoms with Crippen molar-refractivity contribution in [2.24, 2.45) is 0 Å². The molecule has 0 unspecified atom stereocenters. The van der Waals surface area contributed by atoms with Crippen LogP contribution in [0, 0.1) is 0 Å². The molecule has 0 aliphatic carbocycles. The first-order chi connectivity index (χ1) is 12.1. The molecule has 0 N–H and O–H groups in total. The Balaban J connectivity index is 1.63. The third kappa shape index (κ3) is 4.28. The highest BCUT2D eigenvalue weighted by atomic mass is 32.2. The van der Waals surface area contributed by atoms with Gasteiger partial charge in [0.25, 0.3) is 0 Å². The number of hydrogen-bond acceptors (Lipinski definition) is 4. The van der Waals surface area contributed by atoms with Crippen molar-refractivity contribution in [3.05, 3.63) is 71.8 Å². The lowest BCUT2D eigenvalue weighted by atomic mass is 10.2. The van der Waals surface area contributed by atoms with Crippen molar-refractivity contribution >= 4 is 27.8 Å². The lowest BCUT2D eigenvalue weighted by Crippen LogP contribution is -2.25. The van der Waals surface area contributed by atoms with Crippen LogP contribution in [0.15, 0.2) is 60.7 Å². The molecule has 0 amide bonds. The van der Waals surface area contributed by atoms with Crippen LogP contribution in [0.3, 0.4) is 0 Å². The van der Waals surface area contributed by atoms with Crippen LogP contribution in [0.5, 0.6) is 0 Å². The van der Waals surface area contributed by atoms with Gasteiger partial charge >= 0.3 is 5.97 Å². The van der Waals surface area contributed by atoms with Gasteiger partial charge in [-0.3, -0.25) is 4.31 Å². The molecule has 0 bridgehead atoms. The van der Waals surface area contributed by atoms with Gasteiger partial charge in [-0.15, -0.1) is 0 Å². The van der Waals surface area contributed by atoms with Crippen molar-refractivity contribution in [2.45, 2.75) is 6.42 Å². The van der Waals surface area contributed by atoms with Crippen molar-refractivity contribution in [3.63, 3.8) is 0 Å². The second-order valence-electron chi connectivity index (χ2n) is 5.70. The van der Waals surface area contributed by atoms with Gasteiger partial charge < -0.3 is 4.74 Å². The fourth-order valence-corrected chi connectivity index (χ4v) is 4.23. The van der Waals surface area contributed by atoms with Crippen LogP contribution in [-0.4, -0.2) is 33.3 Å². The molecule has 2 aromatic carbocycles. The van der Waals surface area contributed by atoms with E-state index in [9.17, 15) is 13.2 Å². The van der Waals surface area contributed by atoms with Crippen LogP contribution in [-0.2, 0) is 14.8 Å². The van der Waals surface area contributed by atoms with E-state index in [0.717, 1.165) is 5.56 Å². The van der Waals surface area contributed by atoms with Crippen LogP contribution >= 0.6 is 0 Å². The SMILES string of the molecule is O=C(OCC=Cc1ccccc1)c1cccc(N2CCCS2(=O)=O)c1. The van der Waals surface area contributed by atoms with Gasteiger partial charge in [-0.05, 0) is 36.3 Å². The number of rotatable bonds is 5. The molecule has 1 saturated heterocycles. The Morgan fingerprint density at radius 1 is 1.12 bits per heavy atom. The van der Waals surface area contributed by atoms with Gasteiger partial charge in [-0.2, -0.15) is 0 Å². The first kappa shape index (κ1) is 17.2. The highest BCUT2D eigenvalue weighted by Gasteiger charge is 2.28. The molecule has 0 aromatic heterocycles. The minimum Gasteiger partial charge on any atom is -0.458 e. The summed E-state index contributed by atoms with van der Waals surface area (Å²) in [5.41, 5.74) is 1.87. The Labute approximate surface area is 147 Å². The lowest BCUT2D eigenvalue weighted by molar-refractivity contribution is 0.0550. The Hall–Kier alpha value is -2.60. The molecule has 1 aliphatic heterocycles. The fourth-order valence-electron chi connectivity index (χ4n) is 2.67. The summed E-state index contributed by atoms with van der Waals surface area (Å²) in [5, 5.41) is 0. The predicted molar refractivity (Wildman–Crippen MR) is 98.0 cm³/mol. The second-order valence-corrected chi connectivity index (χ2v) is 7.72. The summed E-state index contributed by atoms with van der Waals surface area (Å²) in [6.07, 6.45) is 4.24. The fraction of sp³-hybridized carbons (Fsp3) is 0.211. The van der Waals surface area contributed by atoms with E-state index in [0.29, 0.717) is 24.2 Å². The second kappa shape index (κ2) is 7.53. The lowest BCUT2D eigenvalue weighted by Gasteiger charge is -2.17. The monoisotopic (exact) mass is 357 g/mol. The van der Waals surface area contributed by atoms with E-state index < -0.39 is 16.0 Å². The van der Waals surface area contributed by atoms with E-state index in [1.165, 1.54) is 4.31 Å². The molecule has 25 heavy (non-hydrogen) atoms. The zero-order valence-electron chi connectivity index (χ0n) is 13.7. The van der Waals surface area contributed by atoms with Gasteiger partial charge in [0.05, 0.1) is 17.0 Å². The molecular weight excluding hydrogens is 338 g/mol. The van der Waals surface area contributed by atoms with Crippen molar-refractivity contribution in [2.75, 3.05) is 23.2 Å². The summed E-state index contributed by atoms with van der Waals surface area (Å²) in [4.78, 5) is 12.2. The Kier molecular flexibility index (Phi) is 5.19. The summed E-state index contributed by atoms with van der Waals surface area (Å²) in [7, 11) is -3.26. The highest BCUT2D eigenvalue weighted by Crippen LogP contribution is 2.24. The average molecular weight is 357 g/mol. The Bertz CT molecular complexity index is 875. The smallest absolute Gasteiger partial charge is 0.338 e. The summed E-state index contributed by atoms with van der Waals surface area (Å²) in [6, 6.07) is 16.3. The maximum absolute atomic E-state index is 12.2. The van der Waals surface area contributed by atoms with Crippen molar-refractivity contribution in [1.29, 1.82) is 0 Å². The third-order valence-electron chi connectivity index (χ3n) is 3.89. The summed E-state index contributed by atoms with van der Waals surface area (Å²) >= 11 is 0. The molecule has 0 radical (unpaired) electrons. The number of ether oxygens (including phenoxy) is 1. The number of nitrogens with zero attached hydrogens (tertiary/aromatic N) is 1. The standard InChI is InChI=1S/C19H19NO4S/c21-19(24-13-5-9-16-7-2-1-3-8-16)17-10-4-11-18(15-17)20-12-6-14-25(20,22)23/h1-5,7-11,15H,6,12-14H2.